The fraction of sp³-hybridized carbons (Fsp3) is 0.815. The van der Waals surface area contributed by atoms with Crippen molar-refractivity contribution >= 4 is 17.3 Å². The molecular weight excluding hydrogens is 372 g/mol. The van der Waals surface area contributed by atoms with Crippen LogP contribution in [0.1, 0.15) is 85.5 Å². The minimum Gasteiger partial charge on any atom is -0.300 e. The van der Waals surface area contributed by atoms with E-state index in [1.807, 2.05) is 6.08 Å². The van der Waals surface area contributed by atoms with Gasteiger partial charge >= 0.3 is 0 Å². The molecule has 0 bridgehead atoms. The van der Waals surface area contributed by atoms with Crippen LogP contribution < -0.4 is 0 Å². The largest absolute Gasteiger partial charge is 0.300 e. The first-order chi connectivity index (χ1) is 14.1. The standard InChI is InChI=1S/C27H38O3/c1-15-9-18-13-22-20-6-5-19-12-17(11-16(2)28)7-8-26(19,3)21(20)14-24(30)27(22,4)25(18)23(29)10-15/h10,17-22,25H,5-9,11-14H2,1-4H3. The van der Waals surface area contributed by atoms with E-state index in [9.17, 15) is 14.4 Å². The van der Waals surface area contributed by atoms with Gasteiger partial charge in [0.25, 0.3) is 0 Å². The summed E-state index contributed by atoms with van der Waals surface area (Å²) in [5.41, 5.74) is 1.00. The van der Waals surface area contributed by atoms with Gasteiger partial charge in [-0.15, -0.1) is 0 Å². The smallest absolute Gasteiger partial charge is 0.159 e. The van der Waals surface area contributed by atoms with Crippen LogP contribution in [-0.4, -0.2) is 17.3 Å². The van der Waals surface area contributed by atoms with Crippen LogP contribution >= 0.6 is 0 Å². The van der Waals surface area contributed by atoms with E-state index >= 15 is 0 Å². The average molecular weight is 411 g/mol. The molecule has 5 aliphatic rings. The molecule has 0 N–H and O–H groups in total. The van der Waals surface area contributed by atoms with Gasteiger partial charge in [-0.05, 0) is 106 Å². The van der Waals surface area contributed by atoms with Crippen LogP contribution in [-0.2, 0) is 14.4 Å². The Morgan fingerprint density at radius 3 is 2.57 bits per heavy atom. The molecular formula is C27H38O3. The third kappa shape index (κ3) is 2.79. The van der Waals surface area contributed by atoms with Gasteiger partial charge in [0.05, 0.1) is 0 Å². The van der Waals surface area contributed by atoms with Gasteiger partial charge in [0, 0.05) is 24.2 Å². The molecule has 4 fully saturated rings. The Labute approximate surface area is 181 Å². The van der Waals surface area contributed by atoms with Crippen LogP contribution in [0.15, 0.2) is 11.6 Å². The van der Waals surface area contributed by atoms with Crippen LogP contribution in [0.25, 0.3) is 0 Å². The van der Waals surface area contributed by atoms with E-state index in [2.05, 4.69) is 20.8 Å². The minimum absolute atomic E-state index is 0.0727. The van der Waals surface area contributed by atoms with Gasteiger partial charge in [0.2, 0.25) is 0 Å². The Kier molecular flexibility index (Phi) is 4.73. The Morgan fingerprint density at radius 2 is 1.83 bits per heavy atom. The summed E-state index contributed by atoms with van der Waals surface area (Å²) in [7, 11) is 0. The topological polar surface area (TPSA) is 51.2 Å². The average Bonchev–Trinajstić information content (AvgIpc) is 2.96. The first-order valence-electron chi connectivity index (χ1n) is 12.4. The quantitative estimate of drug-likeness (QED) is 0.598. The molecule has 0 aliphatic heterocycles. The van der Waals surface area contributed by atoms with E-state index in [0.717, 1.165) is 25.7 Å². The minimum atomic E-state index is -0.435. The van der Waals surface area contributed by atoms with Crippen molar-refractivity contribution < 1.29 is 14.4 Å². The highest BCUT2D eigenvalue weighted by molar-refractivity contribution is 6.00. The van der Waals surface area contributed by atoms with E-state index < -0.39 is 5.41 Å². The van der Waals surface area contributed by atoms with Gasteiger partial charge in [-0.3, -0.25) is 9.59 Å². The predicted molar refractivity (Wildman–Crippen MR) is 117 cm³/mol. The van der Waals surface area contributed by atoms with E-state index in [-0.39, 0.29) is 17.1 Å². The van der Waals surface area contributed by atoms with E-state index in [1.165, 1.54) is 31.3 Å². The molecule has 9 unspecified atom stereocenters. The van der Waals surface area contributed by atoms with Gasteiger partial charge < -0.3 is 4.79 Å². The van der Waals surface area contributed by atoms with E-state index in [0.29, 0.717) is 53.5 Å². The highest BCUT2D eigenvalue weighted by atomic mass is 16.1. The Balaban J connectivity index is 1.43. The zero-order chi connectivity index (χ0) is 21.4. The lowest BCUT2D eigenvalue weighted by Crippen LogP contribution is -2.57. The number of carbonyl (C=O) groups excluding carboxylic acids is 3. The molecule has 0 saturated heterocycles. The first kappa shape index (κ1) is 20.6. The zero-order valence-electron chi connectivity index (χ0n) is 19.2. The molecule has 0 heterocycles. The van der Waals surface area contributed by atoms with Gasteiger partial charge in [0.1, 0.15) is 11.6 Å². The highest BCUT2D eigenvalue weighted by Gasteiger charge is 2.66. The molecule has 0 aromatic carbocycles. The molecule has 0 aromatic rings. The zero-order valence-corrected chi connectivity index (χ0v) is 19.2. The number of fused-ring (bicyclic) bond motifs is 7. The van der Waals surface area contributed by atoms with Crippen LogP contribution in [0.3, 0.4) is 0 Å². The molecule has 5 aliphatic carbocycles. The maximum absolute atomic E-state index is 13.7. The lowest BCUT2D eigenvalue weighted by atomic mass is 9.43. The summed E-state index contributed by atoms with van der Waals surface area (Å²) in [5.74, 6) is 3.89. The van der Waals surface area contributed by atoms with Crippen molar-refractivity contribution in [3.8, 4) is 0 Å². The number of allylic oxidation sites excluding steroid dienone is 2. The molecule has 0 spiro atoms. The summed E-state index contributed by atoms with van der Waals surface area (Å²) in [4.78, 5) is 38.4. The monoisotopic (exact) mass is 410 g/mol. The predicted octanol–water partition coefficient (Wildman–Crippen LogP) is 5.56. The molecule has 0 amide bonds. The highest BCUT2D eigenvalue weighted by Crippen LogP contribution is 2.68. The van der Waals surface area contributed by atoms with Crippen molar-refractivity contribution in [2.45, 2.75) is 85.5 Å². The Hall–Kier alpha value is -1.25. The van der Waals surface area contributed by atoms with Gasteiger partial charge in [-0.2, -0.15) is 0 Å². The Morgan fingerprint density at radius 1 is 1.07 bits per heavy atom. The van der Waals surface area contributed by atoms with Crippen LogP contribution in [0.4, 0.5) is 0 Å². The molecule has 3 nitrogen and oxygen atoms in total. The molecule has 3 heteroatoms. The summed E-state index contributed by atoms with van der Waals surface area (Å²) in [6.07, 6.45) is 11.3. The summed E-state index contributed by atoms with van der Waals surface area (Å²) in [6.45, 7) is 8.43. The lowest BCUT2D eigenvalue weighted by molar-refractivity contribution is -0.160. The third-order valence-corrected chi connectivity index (χ3v) is 10.7. The fourth-order valence-electron chi connectivity index (χ4n) is 9.37. The molecule has 30 heavy (non-hydrogen) atoms. The second-order valence-electron chi connectivity index (χ2n) is 12.2. The summed E-state index contributed by atoms with van der Waals surface area (Å²) in [5, 5.41) is 0. The fourth-order valence-corrected chi connectivity index (χ4v) is 9.37. The summed E-state index contributed by atoms with van der Waals surface area (Å²) >= 11 is 0. The van der Waals surface area contributed by atoms with Crippen LogP contribution in [0, 0.1) is 52.3 Å². The lowest BCUT2D eigenvalue weighted by Gasteiger charge is -2.60. The number of Topliss-reactive ketones (excluding diaryl/α,β-unsaturated/α-hetero) is 2. The normalized spacial score (nSPS) is 50.1. The summed E-state index contributed by atoms with van der Waals surface area (Å²) < 4.78 is 0. The van der Waals surface area contributed by atoms with E-state index in [4.69, 9.17) is 0 Å². The third-order valence-electron chi connectivity index (χ3n) is 10.7. The first-order valence-corrected chi connectivity index (χ1v) is 12.4. The van der Waals surface area contributed by atoms with Crippen molar-refractivity contribution in [1.29, 1.82) is 0 Å². The molecule has 4 saturated carbocycles. The van der Waals surface area contributed by atoms with Gasteiger partial charge in [0.15, 0.2) is 5.78 Å². The molecule has 0 radical (unpaired) electrons. The number of ketones is 3. The molecule has 9 atom stereocenters. The number of rotatable bonds is 2. The van der Waals surface area contributed by atoms with E-state index in [1.54, 1.807) is 6.92 Å². The van der Waals surface area contributed by atoms with Crippen molar-refractivity contribution in [1.82, 2.24) is 0 Å². The summed E-state index contributed by atoms with van der Waals surface area (Å²) in [6, 6.07) is 0. The molecule has 164 valence electrons. The second-order valence-corrected chi connectivity index (χ2v) is 12.2. The van der Waals surface area contributed by atoms with Crippen LogP contribution in [0.2, 0.25) is 0 Å². The maximum Gasteiger partial charge on any atom is 0.159 e. The van der Waals surface area contributed by atoms with Crippen molar-refractivity contribution in [2.24, 2.45) is 52.3 Å². The van der Waals surface area contributed by atoms with Crippen molar-refractivity contribution in [2.75, 3.05) is 0 Å². The van der Waals surface area contributed by atoms with Gasteiger partial charge in [-0.25, -0.2) is 0 Å². The van der Waals surface area contributed by atoms with Crippen molar-refractivity contribution in [3.63, 3.8) is 0 Å². The Bertz CT molecular complexity index is 824. The van der Waals surface area contributed by atoms with Crippen LogP contribution in [0.5, 0.6) is 0 Å². The molecule has 5 rings (SSSR count). The number of hydrogen-bond acceptors (Lipinski definition) is 3. The van der Waals surface area contributed by atoms with Gasteiger partial charge in [-0.1, -0.05) is 19.4 Å². The second kappa shape index (κ2) is 6.87. The maximum atomic E-state index is 13.7. The molecule has 0 aromatic heterocycles. The SMILES string of the molecule is CC(=O)CC1CCC2(C)C(CCC3C2CC(=O)C2(C)C3CC3CC(C)=CC(=O)C32)C1. The van der Waals surface area contributed by atoms with Crippen molar-refractivity contribution in [3.05, 3.63) is 11.6 Å². The number of hydrogen-bond donors (Lipinski definition) is 0. The number of carbonyl (C=O) groups is 3.